The lowest BCUT2D eigenvalue weighted by molar-refractivity contribution is 0.492. The van der Waals surface area contributed by atoms with Crippen LogP contribution in [0.4, 0.5) is 0 Å². The first-order valence-electron chi connectivity index (χ1n) is 6.33. The minimum atomic E-state index is -3.81. The van der Waals surface area contributed by atoms with E-state index in [1.54, 1.807) is 0 Å². The largest absolute Gasteiger partial charge is 0.240 e. The zero-order chi connectivity index (χ0) is 15.0. The molecule has 0 aromatic heterocycles. The van der Waals surface area contributed by atoms with E-state index in [1.807, 2.05) is 6.92 Å². The highest BCUT2D eigenvalue weighted by Crippen LogP contribution is 2.36. The maximum Gasteiger partial charge on any atom is 0.240 e. The van der Waals surface area contributed by atoms with Gasteiger partial charge in [-0.05, 0) is 48.9 Å². The van der Waals surface area contributed by atoms with Crippen molar-refractivity contribution in [1.82, 2.24) is 4.72 Å². The van der Waals surface area contributed by atoms with Gasteiger partial charge in [-0.15, -0.1) is 0 Å². The van der Waals surface area contributed by atoms with E-state index in [1.165, 1.54) is 24.3 Å². The van der Waals surface area contributed by atoms with Crippen molar-refractivity contribution in [2.75, 3.05) is 6.54 Å². The molecule has 0 saturated heterocycles. The van der Waals surface area contributed by atoms with Crippen molar-refractivity contribution >= 4 is 20.0 Å². The first kappa shape index (κ1) is 15.4. The third-order valence-electron chi connectivity index (χ3n) is 3.48. The summed E-state index contributed by atoms with van der Waals surface area (Å²) in [6, 6.07) is 4.86. The number of primary sulfonamides is 1. The van der Waals surface area contributed by atoms with Crippen LogP contribution >= 0.6 is 0 Å². The lowest BCUT2D eigenvalue weighted by atomic mass is 10.1. The predicted molar refractivity (Wildman–Crippen MR) is 74.9 cm³/mol. The van der Waals surface area contributed by atoms with Gasteiger partial charge in [-0.1, -0.05) is 6.92 Å². The van der Waals surface area contributed by atoms with Crippen LogP contribution in [-0.2, 0) is 20.0 Å². The lowest BCUT2D eigenvalue weighted by Gasteiger charge is -2.12. The lowest BCUT2D eigenvalue weighted by Crippen LogP contribution is -2.29. The topological polar surface area (TPSA) is 106 Å². The molecule has 2 rings (SSSR count). The third kappa shape index (κ3) is 3.78. The van der Waals surface area contributed by atoms with Crippen molar-refractivity contribution in [2.24, 2.45) is 17.0 Å². The second-order valence-corrected chi connectivity index (χ2v) is 8.51. The highest BCUT2D eigenvalue weighted by molar-refractivity contribution is 7.89. The normalized spacial score (nSPS) is 17.9. The SMILES string of the molecule is CC(CNS(=O)(=O)c1ccc(S(N)(=O)=O)cc1)C1CC1. The minimum absolute atomic E-state index is 0.0351. The van der Waals surface area contributed by atoms with Crippen LogP contribution in [0.3, 0.4) is 0 Å². The van der Waals surface area contributed by atoms with Crippen LogP contribution in [0.1, 0.15) is 19.8 Å². The molecule has 20 heavy (non-hydrogen) atoms. The summed E-state index contributed by atoms with van der Waals surface area (Å²) in [7, 11) is -7.42. The molecule has 1 aromatic carbocycles. The summed E-state index contributed by atoms with van der Waals surface area (Å²) in [5.41, 5.74) is 0. The molecule has 0 amide bonds. The Balaban J connectivity index is 2.09. The fourth-order valence-corrected chi connectivity index (χ4v) is 3.62. The summed E-state index contributed by atoms with van der Waals surface area (Å²) in [4.78, 5) is -0.0734. The van der Waals surface area contributed by atoms with E-state index in [2.05, 4.69) is 4.72 Å². The quantitative estimate of drug-likeness (QED) is 0.803. The molecule has 6 nitrogen and oxygen atoms in total. The molecule has 0 aliphatic heterocycles. The Morgan fingerprint density at radius 3 is 2.10 bits per heavy atom. The zero-order valence-electron chi connectivity index (χ0n) is 11.1. The number of nitrogens with one attached hydrogen (secondary N) is 1. The summed E-state index contributed by atoms with van der Waals surface area (Å²) in [6.45, 7) is 2.41. The van der Waals surface area contributed by atoms with Gasteiger partial charge in [-0.2, -0.15) is 0 Å². The highest BCUT2D eigenvalue weighted by atomic mass is 32.2. The van der Waals surface area contributed by atoms with Crippen LogP contribution in [0.5, 0.6) is 0 Å². The smallest absolute Gasteiger partial charge is 0.225 e. The van der Waals surface area contributed by atoms with Crippen LogP contribution in [0, 0.1) is 11.8 Å². The Kier molecular flexibility index (Phi) is 4.19. The molecule has 112 valence electrons. The maximum absolute atomic E-state index is 12.0. The Hall–Kier alpha value is -0.960. The molecular weight excluding hydrogens is 300 g/mol. The van der Waals surface area contributed by atoms with Crippen LogP contribution in [-0.4, -0.2) is 23.4 Å². The van der Waals surface area contributed by atoms with Gasteiger partial charge in [0.05, 0.1) is 9.79 Å². The minimum Gasteiger partial charge on any atom is -0.225 e. The molecular formula is C12H18N2O4S2. The highest BCUT2D eigenvalue weighted by Gasteiger charge is 2.28. The predicted octanol–water partition coefficient (Wildman–Crippen LogP) is 0.658. The number of nitrogens with two attached hydrogens (primary N) is 1. The molecule has 1 unspecified atom stereocenters. The molecule has 3 N–H and O–H groups in total. The summed E-state index contributed by atoms with van der Waals surface area (Å²) < 4.78 is 48.9. The zero-order valence-corrected chi connectivity index (χ0v) is 12.7. The summed E-state index contributed by atoms with van der Waals surface area (Å²) >= 11 is 0. The van der Waals surface area contributed by atoms with Gasteiger partial charge in [0, 0.05) is 6.54 Å². The number of hydrogen-bond donors (Lipinski definition) is 2. The van der Waals surface area contributed by atoms with Gasteiger partial charge in [-0.25, -0.2) is 26.7 Å². The molecule has 1 aliphatic carbocycles. The Labute approximate surface area is 119 Å². The molecule has 0 spiro atoms. The van der Waals surface area contributed by atoms with Crippen molar-refractivity contribution < 1.29 is 16.8 Å². The van der Waals surface area contributed by atoms with Gasteiger partial charge in [0.2, 0.25) is 20.0 Å². The first-order valence-corrected chi connectivity index (χ1v) is 9.35. The van der Waals surface area contributed by atoms with Crippen LogP contribution in [0.15, 0.2) is 34.1 Å². The van der Waals surface area contributed by atoms with E-state index >= 15 is 0 Å². The monoisotopic (exact) mass is 318 g/mol. The summed E-state index contributed by atoms with van der Waals surface area (Å²) in [5.74, 6) is 0.927. The molecule has 1 aliphatic rings. The molecule has 0 heterocycles. The maximum atomic E-state index is 12.0. The number of benzene rings is 1. The number of sulfonamides is 2. The molecule has 8 heteroatoms. The Bertz CT molecular complexity index is 677. The van der Waals surface area contributed by atoms with E-state index in [0.717, 1.165) is 12.8 Å². The second kappa shape index (κ2) is 5.44. The number of rotatable bonds is 6. The van der Waals surface area contributed by atoms with E-state index in [0.29, 0.717) is 18.4 Å². The van der Waals surface area contributed by atoms with E-state index in [-0.39, 0.29) is 9.79 Å². The van der Waals surface area contributed by atoms with Gasteiger partial charge >= 0.3 is 0 Å². The van der Waals surface area contributed by atoms with Crippen LogP contribution in [0.2, 0.25) is 0 Å². The van der Waals surface area contributed by atoms with Crippen LogP contribution in [0.25, 0.3) is 0 Å². The van der Waals surface area contributed by atoms with Crippen molar-refractivity contribution in [2.45, 2.75) is 29.6 Å². The summed E-state index contributed by atoms with van der Waals surface area (Å²) in [5, 5.41) is 4.96. The Morgan fingerprint density at radius 1 is 1.15 bits per heavy atom. The van der Waals surface area contributed by atoms with Crippen molar-refractivity contribution in [3.8, 4) is 0 Å². The molecule has 1 aromatic rings. The standard InChI is InChI=1S/C12H18N2O4S2/c1-9(10-2-3-10)8-14-20(17,18)12-6-4-11(5-7-12)19(13,15)16/h4-7,9-10,14H,2-3,8H2,1H3,(H2,13,15,16). The molecule has 1 atom stereocenters. The van der Waals surface area contributed by atoms with Crippen LogP contribution < -0.4 is 9.86 Å². The fourth-order valence-electron chi connectivity index (χ4n) is 1.96. The van der Waals surface area contributed by atoms with Gasteiger partial charge in [0.15, 0.2) is 0 Å². The molecule has 0 bridgehead atoms. The van der Waals surface area contributed by atoms with Crippen molar-refractivity contribution in [3.05, 3.63) is 24.3 Å². The average Bonchev–Trinajstić information content (AvgIpc) is 3.19. The van der Waals surface area contributed by atoms with Crippen molar-refractivity contribution in [1.29, 1.82) is 0 Å². The second-order valence-electron chi connectivity index (χ2n) is 5.18. The summed E-state index contributed by atoms with van der Waals surface area (Å²) in [6.07, 6.45) is 2.32. The van der Waals surface area contributed by atoms with Crippen molar-refractivity contribution in [3.63, 3.8) is 0 Å². The third-order valence-corrected chi connectivity index (χ3v) is 5.85. The fraction of sp³-hybridized carbons (Fsp3) is 0.500. The van der Waals surface area contributed by atoms with E-state index in [4.69, 9.17) is 5.14 Å². The molecule has 0 radical (unpaired) electrons. The molecule has 1 fully saturated rings. The van der Waals surface area contributed by atoms with Gasteiger partial charge < -0.3 is 0 Å². The van der Waals surface area contributed by atoms with E-state index < -0.39 is 20.0 Å². The van der Waals surface area contributed by atoms with E-state index in [9.17, 15) is 16.8 Å². The first-order chi connectivity index (χ1) is 9.20. The average molecular weight is 318 g/mol. The molecule has 1 saturated carbocycles. The van der Waals surface area contributed by atoms with Gasteiger partial charge in [0.1, 0.15) is 0 Å². The Morgan fingerprint density at radius 2 is 1.65 bits per heavy atom. The van der Waals surface area contributed by atoms with Gasteiger partial charge in [-0.3, -0.25) is 0 Å². The number of hydrogen-bond acceptors (Lipinski definition) is 4. The van der Waals surface area contributed by atoms with Gasteiger partial charge in [0.25, 0.3) is 0 Å².